The van der Waals surface area contributed by atoms with Crippen LogP contribution in [0.1, 0.15) is 95.9 Å². The standard InChI is InChI=1S/2C3H8.4C2H6.4CH3.2La/c2*1-3-2;4*1-2;;;;;;/h2*3H2,1-2H3;4*1-2H3;4*1H3;;/q;;;;;;4*-1;;. The molecule has 0 nitrogen and oxygen atoms in total. The second-order valence-corrected chi connectivity index (χ2v) is 1.41. The van der Waals surface area contributed by atoms with Gasteiger partial charge in [-0.25, -0.2) is 0 Å². The Kier molecular flexibility index (Phi) is 2190. The Bertz CT molecular complexity index is 11.4. The Balaban J connectivity index is -0.00000000366. The van der Waals surface area contributed by atoms with Gasteiger partial charge in [0.25, 0.3) is 0 Å². The average molecular weight is 546 g/mol. The van der Waals surface area contributed by atoms with Gasteiger partial charge in [-0.2, -0.15) is 0 Å². The maximum absolute atomic E-state index is 2.12. The maximum atomic E-state index is 2.12. The van der Waals surface area contributed by atoms with E-state index in [-0.39, 0.29) is 101 Å². The minimum atomic E-state index is 0. The van der Waals surface area contributed by atoms with Crippen molar-refractivity contribution in [2.75, 3.05) is 0 Å². The minimum Gasteiger partial charge on any atom is -0.358 e. The van der Waals surface area contributed by atoms with Gasteiger partial charge in [-0.3, -0.25) is 0 Å². The van der Waals surface area contributed by atoms with E-state index in [1.54, 1.807) is 0 Å². The molecule has 0 amide bonds. The molecule has 134 valence electrons. The van der Waals surface area contributed by atoms with Crippen molar-refractivity contribution in [1.29, 1.82) is 0 Å². The molecule has 0 aromatic carbocycles. The van der Waals surface area contributed by atoms with Gasteiger partial charge in [-0.1, -0.05) is 95.9 Å². The second kappa shape index (κ2) is 461. The van der Waals surface area contributed by atoms with E-state index in [4.69, 9.17) is 0 Å². The molecule has 0 aliphatic carbocycles. The number of hydrogen-bond acceptors (Lipinski definition) is 0. The van der Waals surface area contributed by atoms with E-state index < -0.39 is 0 Å². The molecule has 0 heterocycles. The molecule has 0 aliphatic rings. The summed E-state index contributed by atoms with van der Waals surface area (Å²) in [4.78, 5) is 0. The topological polar surface area (TPSA) is 0 Å². The SMILES string of the molecule is CC.CC.CC.CC.CCC.CCC.[CH3-].[CH3-].[CH3-].[CH3-].[La].[La]. The van der Waals surface area contributed by atoms with Gasteiger partial charge in [0.15, 0.2) is 0 Å². The summed E-state index contributed by atoms with van der Waals surface area (Å²) < 4.78 is 0. The summed E-state index contributed by atoms with van der Waals surface area (Å²) in [5.41, 5.74) is 0. The smallest absolute Gasteiger partial charge is 0 e. The molecule has 0 atom stereocenters. The number of rotatable bonds is 0. The third-order valence-corrected chi connectivity index (χ3v) is 0. The van der Waals surface area contributed by atoms with E-state index >= 15 is 0 Å². The molecule has 0 saturated heterocycles. The van der Waals surface area contributed by atoms with Gasteiger partial charge in [-0.15, -0.1) is 0 Å². The zero-order valence-corrected chi connectivity index (χ0v) is 25.8. The zero-order chi connectivity index (χ0) is 13.4. The van der Waals surface area contributed by atoms with Crippen LogP contribution in [0.5, 0.6) is 0 Å². The van der Waals surface area contributed by atoms with Gasteiger partial charge >= 0.3 is 0 Å². The Morgan fingerprint density at radius 3 is 0.350 bits per heavy atom. The quantitative estimate of drug-likeness (QED) is 0.267. The van der Waals surface area contributed by atoms with Gasteiger partial charge in [-0.05, 0) is 0 Å². The van der Waals surface area contributed by atoms with Crippen LogP contribution in [0, 0.1) is 101 Å². The fourth-order valence-electron chi connectivity index (χ4n) is 0. The van der Waals surface area contributed by atoms with Gasteiger partial charge in [0.1, 0.15) is 0 Å². The molecule has 20 heavy (non-hydrogen) atoms. The van der Waals surface area contributed by atoms with Crippen molar-refractivity contribution in [3.05, 3.63) is 29.7 Å². The van der Waals surface area contributed by atoms with Crippen LogP contribution >= 0.6 is 0 Å². The monoisotopic (exact) mass is 546 g/mol. The summed E-state index contributed by atoms with van der Waals surface area (Å²) in [6.45, 7) is 24.5. The summed E-state index contributed by atoms with van der Waals surface area (Å²) in [6.07, 6.45) is 2.50. The average Bonchev–Trinajstić information content (AvgIpc) is 2.31. The summed E-state index contributed by atoms with van der Waals surface area (Å²) in [5.74, 6) is 0. The molecule has 0 saturated carbocycles. The molecular weight excluding hydrogens is 494 g/mol. The van der Waals surface area contributed by atoms with E-state index in [0.717, 1.165) is 0 Å². The summed E-state index contributed by atoms with van der Waals surface area (Å²) in [5, 5.41) is 0. The van der Waals surface area contributed by atoms with Gasteiger partial charge in [0.2, 0.25) is 0 Å². The fraction of sp³-hybridized carbons (Fsp3) is 0.778. The minimum absolute atomic E-state index is 0. The molecule has 0 aliphatic heterocycles. The van der Waals surface area contributed by atoms with Gasteiger partial charge in [0.05, 0.1) is 0 Å². The molecule has 0 N–H and O–H groups in total. The summed E-state index contributed by atoms with van der Waals surface area (Å²) in [6, 6.07) is 0. The van der Waals surface area contributed by atoms with Crippen molar-refractivity contribution >= 4 is 0 Å². The molecule has 0 spiro atoms. The van der Waals surface area contributed by atoms with E-state index in [2.05, 4.69) is 27.7 Å². The van der Waals surface area contributed by atoms with Gasteiger partial charge < -0.3 is 29.7 Å². The van der Waals surface area contributed by atoms with E-state index in [1.807, 2.05) is 55.4 Å². The molecule has 2 radical (unpaired) electrons. The second-order valence-electron chi connectivity index (χ2n) is 1.41. The van der Waals surface area contributed by atoms with Crippen LogP contribution in [0.4, 0.5) is 0 Å². The van der Waals surface area contributed by atoms with E-state index in [1.165, 1.54) is 12.8 Å². The normalized spacial score (nSPS) is 3.00. The van der Waals surface area contributed by atoms with Crippen LogP contribution in [-0.4, -0.2) is 0 Å². The molecule has 0 aromatic heterocycles. The molecule has 0 unspecified atom stereocenters. The first-order valence-electron chi connectivity index (χ1n) is 6.83. The van der Waals surface area contributed by atoms with Crippen molar-refractivity contribution in [3.8, 4) is 0 Å². The van der Waals surface area contributed by atoms with Gasteiger partial charge in [0, 0.05) is 71.2 Å². The van der Waals surface area contributed by atoms with Crippen LogP contribution in [0.3, 0.4) is 0 Å². The predicted molar refractivity (Wildman–Crippen MR) is 103 cm³/mol. The van der Waals surface area contributed by atoms with Crippen molar-refractivity contribution in [2.45, 2.75) is 95.9 Å². The third kappa shape index (κ3) is 1340. The third-order valence-electron chi connectivity index (χ3n) is 0. The zero-order valence-electron chi connectivity index (χ0n) is 18.6. The van der Waals surface area contributed by atoms with Crippen molar-refractivity contribution < 1.29 is 71.2 Å². The Morgan fingerprint density at radius 1 is 0.350 bits per heavy atom. The van der Waals surface area contributed by atoms with E-state index in [0.29, 0.717) is 0 Å². The van der Waals surface area contributed by atoms with E-state index in [9.17, 15) is 0 Å². The first-order chi connectivity index (χ1) is 6.83. The summed E-state index contributed by atoms with van der Waals surface area (Å²) >= 11 is 0. The predicted octanol–water partition coefficient (Wildman–Crippen LogP) is 8.74. The molecule has 0 fully saturated rings. The fourth-order valence-corrected chi connectivity index (χ4v) is 0. The summed E-state index contributed by atoms with van der Waals surface area (Å²) in [7, 11) is 0. The van der Waals surface area contributed by atoms with Crippen molar-refractivity contribution in [3.63, 3.8) is 0 Å². The van der Waals surface area contributed by atoms with Crippen molar-refractivity contribution in [2.24, 2.45) is 0 Å². The van der Waals surface area contributed by atoms with Crippen LogP contribution in [0.25, 0.3) is 0 Å². The van der Waals surface area contributed by atoms with Crippen molar-refractivity contribution in [1.82, 2.24) is 0 Å². The van der Waals surface area contributed by atoms with Crippen LogP contribution in [-0.2, 0) is 0 Å². The molecule has 0 rings (SSSR count). The Labute approximate surface area is 194 Å². The number of hydrogen-bond donors (Lipinski definition) is 0. The molecular formula is C18H52La2-4. The van der Waals surface area contributed by atoms with Crippen LogP contribution < -0.4 is 0 Å². The molecule has 2 heteroatoms. The molecule has 0 bridgehead atoms. The first kappa shape index (κ1) is 94.9. The van der Waals surface area contributed by atoms with Crippen LogP contribution in [0.15, 0.2) is 0 Å². The largest absolute Gasteiger partial charge is 0.358 e. The maximum Gasteiger partial charge on any atom is 0 e. The Morgan fingerprint density at radius 2 is 0.350 bits per heavy atom. The first-order valence-corrected chi connectivity index (χ1v) is 6.83. The Hall–Kier alpha value is 2.39. The molecule has 0 aromatic rings. The van der Waals surface area contributed by atoms with Crippen LogP contribution in [0.2, 0.25) is 0 Å².